The summed E-state index contributed by atoms with van der Waals surface area (Å²) >= 11 is 3.52. The Balaban J connectivity index is 2.26. The highest BCUT2D eigenvalue weighted by Crippen LogP contribution is 2.40. The molecule has 0 amide bonds. The van der Waals surface area contributed by atoms with Crippen LogP contribution in [0.5, 0.6) is 0 Å². The summed E-state index contributed by atoms with van der Waals surface area (Å²) in [4.78, 5) is 0. The number of aryl methyl sites for hydroxylation is 1. The molecule has 3 aromatic rings. The maximum atomic E-state index is 5.94. The van der Waals surface area contributed by atoms with Crippen molar-refractivity contribution in [3.63, 3.8) is 0 Å². The van der Waals surface area contributed by atoms with Gasteiger partial charge in [0.15, 0.2) is 11.6 Å². The van der Waals surface area contributed by atoms with Gasteiger partial charge in [0.1, 0.15) is 0 Å². The number of aromatic nitrogens is 3. The summed E-state index contributed by atoms with van der Waals surface area (Å²) < 4.78 is 6.31. The molecule has 0 fully saturated rings. The van der Waals surface area contributed by atoms with Gasteiger partial charge in [-0.15, -0.1) is 0 Å². The number of nitrogens with two attached hydrogens (primary N) is 1. The maximum Gasteiger partial charge on any atom is 0.180 e. The molecule has 1 aromatic carbocycles. The number of halogens is 1. The molecule has 3 N–H and O–H groups in total. The quantitative estimate of drug-likeness (QED) is 0.759. The molecule has 0 spiro atoms. The first-order chi connectivity index (χ1) is 9.18. The minimum Gasteiger partial charge on any atom is -0.380 e. The first kappa shape index (κ1) is 12.0. The Bertz CT molecular complexity index is 732. The highest BCUT2D eigenvalue weighted by molar-refractivity contribution is 9.10. The van der Waals surface area contributed by atoms with Crippen LogP contribution in [0.25, 0.3) is 22.5 Å². The van der Waals surface area contributed by atoms with Crippen molar-refractivity contribution in [1.29, 1.82) is 0 Å². The van der Waals surface area contributed by atoms with Crippen LogP contribution < -0.4 is 5.73 Å². The van der Waals surface area contributed by atoms with Crippen molar-refractivity contribution in [1.82, 2.24) is 15.4 Å². The Morgan fingerprint density at radius 1 is 1.26 bits per heavy atom. The average Bonchev–Trinajstić information content (AvgIpc) is 2.96. The zero-order chi connectivity index (χ0) is 13.4. The van der Waals surface area contributed by atoms with E-state index < -0.39 is 0 Å². The number of hydrogen-bond acceptors (Lipinski definition) is 4. The van der Waals surface area contributed by atoms with Crippen LogP contribution in [0.1, 0.15) is 5.69 Å². The lowest BCUT2D eigenvalue weighted by molar-refractivity contribution is 0.436. The largest absolute Gasteiger partial charge is 0.380 e. The van der Waals surface area contributed by atoms with E-state index in [-0.39, 0.29) is 0 Å². The van der Waals surface area contributed by atoms with Crippen molar-refractivity contribution >= 4 is 21.7 Å². The van der Waals surface area contributed by atoms with Crippen LogP contribution in [-0.2, 0) is 0 Å². The lowest BCUT2D eigenvalue weighted by Crippen LogP contribution is -1.89. The van der Waals surface area contributed by atoms with Gasteiger partial charge in [0.25, 0.3) is 0 Å². The predicted molar refractivity (Wildman–Crippen MR) is 76.4 cm³/mol. The number of benzene rings is 1. The Morgan fingerprint density at radius 2 is 2.05 bits per heavy atom. The van der Waals surface area contributed by atoms with Crippen LogP contribution >= 0.6 is 15.9 Å². The van der Waals surface area contributed by atoms with Gasteiger partial charge in [0.2, 0.25) is 0 Å². The molecular weight excluding hydrogens is 308 g/mol. The summed E-state index contributed by atoms with van der Waals surface area (Å²) in [6, 6.07) is 7.80. The second-order valence-electron chi connectivity index (χ2n) is 4.16. The van der Waals surface area contributed by atoms with Crippen molar-refractivity contribution in [2.45, 2.75) is 6.92 Å². The molecule has 0 saturated carbocycles. The van der Waals surface area contributed by atoms with Gasteiger partial charge < -0.3 is 10.3 Å². The number of H-pyrrole nitrogens is 1. The predicted octanol–water partition coefficient (Wildman–Crippen LogP) is 3.38. The van der Waals surface area contributed by atoms with Gasteiger partial charge in [-0.1, -0.05) is 39.3 Å². The van der Waals surface area contributed by atoms with Gasteiger partial charge >= 0.3 is 0 Å². The molecule has 0 aliphatic carbocycles. The van der Waals surface area contributed by atoms with E-state index in [0.717, 1.165) is 26.9 Å². The molecule has 0 atom stereocenters. The Kier molecular flexibility index (Phi) is 2.87. The van der Waals surface area contributed by atoms with E-state index in [1.165, 1.54) is 0 Å². The number of nitrogen functional groups attached to an aromatic ring is 1. The first-order valence-corrected chi connectivity index (χ1v) is 6.48. The van der Waals surface area contributed by atoms with Crippen molar-refractivity contribution in [3.05, 3.63) is 40.6 Å². The molecule has 0 aliphatic heterocycles. The fourth-order valence-electron chi connectivity index (χ4n) is 1.99. The van der Waals surface area contributed by atoms with Crippen LogP contribution in [0.2, 0.25) is 0 Å². The normalized spacial score (nSPS) is 10.8. The monoisotopic (exact) mass is 318 g/mol. The third-order valence-corrected chi connectivity index (χ3v) is 3.63. The van der Waals surface area contributed by atoms with Crippen LogP contribution in [0.3, 0.4) is 0 Å². The Morgan fingerprint density at radius 3 is 2.74 bits per heavy atom. The molecule has 3 rings (SSSR count). The number of nitrogens with zero attached hydrogens (tertiary/aromatic N) is 2. The van der Waals surface area contributed by atoms with E-state index in [2.05, 4.69) is 31.3 Å². The highest BCUT2D eigenvalue weighted by Gasteiger charge is 2.21. The zero-order valence-electron chi connectivity index (χ0n) is 10.1. The van der Waals surface area contributed by atoms with Gasteiger partial charge in [-0.3, -0.25) is 5.10 Å². The fourth-order valence-corrected chi connectivity index (χ4v) is 2.47. The van der Waals surface area contributed by atoms with Crippen molar-refractivity contribution in [2.75, 3.05) is 5.73 Å². The molecule has 0 radical (unpaired) electrons. The number of nitrogens with one attached hydrogen (secondary N) is 1. The second kappa shape index (κ2) is 4.55. The smallest absolute Gasteiger partial charge is 0.180 e. The molecule has 96 valence electrons. The minimum absolute atomic E-state index is 0.363. The van der Waals surface area contributed by atoms with E-state index >= 15 is 0 Å². The fraction of sp³-hybridized carbons (Fsp3) is 0.0769. The molecule has 19 heavy (non-hydrogen) atoms. The maximum absolute atomic E-state index is 5.94. The molecule has 6 heteroatoms. The average molecular weight is 319 g/mol. The third-order valence-electron chi connectivity index (χ3n) is 2.94. The highest BCUT2D eigenvalue weighted by atomic mass is 79.9. The topological polar surface area (TPSA) is 80.7 Å². The summed E-state index contributed by atoms with van der Waals surface area (Å²) in [5.41, 5.74) is 9.42. The summed E-state index contributed by atoms with van der Waals surface area (Å²) in [5.74, 6) is 0.984. The lowest BCUT2D eigenvalue weighted by Gasteiger charge is -2.04. The van der Waals surface area contributed by atoms with Gasteiger partial charge in [0, 0.05) is 15.7 Å². The van der Waals surface area contributed by atoms with Gasteiger partial charge in [-0.2, -0.15) is 5.10 Å². The number of anilines is 1. The van der Waals surface area contributed by atoms with E-state index in [0.29, 0.717) is 11.6 Å². The van der Waals surface area contributed by atoms with Crippen LogP contribution in [0.4, 0.5) is 5.82 Å². The standard InChI is InChI=1S/C13H11BrN4O/c1-7-9(6-16-17-7)12-11(13(15)18-19-12)8-4-2-3-5-10(8)14/h2-6H,1H3,(H2,15,18)(H,16,17). The Labute approximate surface area is 117 Å². The van der Waals surface area contributed by atoms with Crippen molar-refractivity contribution in [3.8, 4) is 22.5 Å². The van der Waals surface area contributed by atoms with Crippen molar-refractivity contribution < 1.29 is 4.52 Å². The lowest BCUT2D eigenvalue weighted by atomic mass is 10.0. The molecule has 2 aromatic heterocycles. The van der Waals surface area contributed by atoms with Crippen molar-refractivity contribution in [2.24, 2.45) is 0 Å². The summed E-state index contributed by atoms with van der Waals surface area (Å²) in [6.07, 6.45) is 1.70. The summed E-state index contributed by atoms with van der Waals surface area (Å²) in [5, 5.41) is 10.8. The molecule has 2 heterocycles. The molecule has 0 bridgehead atoms. The minimum atomic E-state index is 0.363. The number of rotatable bonds is 2. The number of hydrogen-bond donors (Lipinski definition) is 2. The molecule has 5 nitrogen and oxygen atoms in total. The first-order valence-electron chi connectivity index (χ1n) is 5.69. The number of aromatic amines is 1. The second-order valence-corrected chi connectivity index (χ2v) is 5.01. The van der Waals surface area contributed by atoms with E-state index in [1.54, 1.807) is 6.20 Å². The Hall–Kier alpha value is -2.08. The van der Waals surface area contributed by atoms with Crippen LogP contribution in [0, 0.1) is 6.92 Å². The van der Waals surface area contributed by atoms with Crippen LogP contribution in [0.15, 0.2) is 39.5 Å². The van der Waals surface area contributed by atoms with Gasteiger partial charge in [0.05, 0.1) is 17.3 Å². The summed E-state index contributed by atoms with van der Waals surface area (Å²) in [7, 11) is 0. The molecule has 0 unspecified atom stereocenters. The molecule has 0 aliphatic rings. The van der Waals surface area contributed by atoms with E-state index in [4.69, 9.17) is 10.3 Å². The molecular formula is C13H11BrN4O. The zero-order valence-corrected chi connectivity index (χ0v) is 11.7. The van der Waals surface area contributed by atoms with Gasteiger partial charge in [-0.25, -0.2) is 0 Å². The van der Waals surface area contributed by atoms with Crippen LogP contribution in [-0.4, -0.2) is 15.4 Å². The molecule has 0 saturated heterocycles. The SMILES string of the molecule is Cc1[nH]ncc1-c1onc(N)c1-c1ccccc1Br. The third kappa shape index (κ3) is 1.94. The van der Waals surface area contributed by atoms with Gasteiger partial charge in [-0.05, 0) is 13.0 Å². The summed E-state index contributed by atoms with van der Waals surface area (Å²) in [6.45, 7) is 1.92. The van der Waals surface area contributed by atoms with E-state index in [9.17, 15) is 0 Å². The van der Waals surface area contributed by atoms with E-state index in [1.807, 2.05) is 31.2 Å².